The van der Waals surface area contributed by atoms with Crippen LogP contribution < -0.4 is 9.46 Å². The monoisotopic (exact) mass is 369 g/mol. The molecule has 3 aromatic carbocycles. The second-order valence-electron chi connectivity index (χ2n) is 6.43. The van der Waals surface area contributed by atoms with Gasteiger partial charge in [-0.2, -0.15) is 0 Å². The first-order chi connectivity index (χ1) is 12.5. The topological polar surface area (TPSA) is 75.6 Å². The maximum absolute atomic E-state index is 12.9. The van der Waals surface area contributed by atoms with Gasteiger partial charge in [-0.05, 0) is 17.5 Å². The van der Waals surface area contributed by atoms with Crippen LogP contribution in [0.15, 0.2) is 71.6 Å². The van der Waals surface area contributed by atoms with Crippen LogP contribution in [0.5, 0.6) is 5.75 Å². The maximum Gasteiger partial charge on any atom is 0.241 e. The van der Waals surface area contributed by atoms with E-state index in [0.717, 1.165) is 5.39 Å². The highest BCUT2D eigenvalue weighted by Crippen LogP contribution is 2.36. The molecule has 0 amide bonds. The third kappa shape index (κ3) is 2.96. The Morgan fingerprint density at radius 3 is 2.62 bits per heavy atom. The third-order valence-electron chi connectivity index (χ3n) is 4.76. The largest absolute Gasteiger partial charge is 0.493 e. The van der Waals surface area contributed by atoms with Crippen LogP contribution in [0.1, 0.15) is 12.0 Å². The smallest absolute Gasteiger partial charge is 0.241 e. The Kier molecular flexibility index (Phi) is 4.19. The van der Waals surface area contributed by atoms with Gasteiger partial charge in [-0.1, -0.05) is 54.6 Å². The number of rotatable bonds is 4. The van der Waals surface area contributed by atoms with Crippen molar-refractivity contribution in [3.05, 3.63) is 72.3 Å². The molecule has 0 spiro atoms. The van der Waals surface area contributed by atoms with Gasteiger partial charge in [-0.3, -0.25) is 0 Å². The van der Waals surface area contributed by atoms with Crippen LogP contribution in [0.4, 0.5) is 0 Å². The summed E-state index contributed by atoms with van der Waals surface area (Å²) in [7, 11) is -3.78. The molecule has 26 heavy (non-hydrogen) atoms. The zero-order valence-corrected chi connectivity index (χ0v) is 14.9. The van der Waals surface area contributed by atoms with Gasteiger partial charge in [-0.15, -0.1) is 0 Å². The second kappa shape index (κ2) is 6.39. The highest BCUT2D eigenvalue weighted by atomic mass is 32.2. The molecule has 0 fully saturated rings. The van der Waals surface area contributed by atoms with Crippen molar-refractivity contribution in [3.63, 3.8) is 0 Å². The van der Waals surface area contributed by atoms with E-state index in [1.54, 1.807) is 36.4 Å². The van der Waals surface area contributed by atoms with E-state index in [1.165, 1.54) is 0 Å². The van der Waals surface area contributed by atoms with Gasteiger partial charge in [0.05, 0.1) is 11.5 Å². The van der Waals surface area contributed by atoms with Crippen LogP contribution in [-0.4, -0.2) is 26.7 Å². The first-order valence-electron chi connectivity index (χ1n) is 8.42. The molecule has 0 unspecified atom stereocenters. The second-order valence-corrected chi connectivity index (χ2v) is 8.16. The van der Waals surface area contributed by atoms with Crippen molar-refractivity contribution < 1.29 is 18.3 Å². The molecule has 1 aliphatic heterocycles. The number of ether oxygens (including phenoxy) is 1. The number of sulfonamides is 1. The Labute approximate surface area is 152 Å². The Morgan fingerprint density at radius 2 is 1.73 bits per heavy atom. The Balaban J connectivity index is 1.65. The molecule has 0 saturated carbocycles. The molecule has 6 heteroatoms. The zero-order chi connectivity index (χ0) is 18.2. The van der Waals surface area contributed by atoms with Crippen molar-refractivity contribution in [2.45, 2.75) is 16.9 Å². The lowest BCUT2D eigenvalue weighted by Gasteiger charge is -2.34. The van der Waals surface area contributed by atoms with Crippen LogP contribution in [0.3, 0.4) is 0 Å². The van der Waals surface area contributed by atoms with Gasteiger partial charge in [-0.25, -0.2) is 13.1 Å². The van der Waals surface area contributed by atoms with E-state index in [9.17, 15) is 13.5 Å². The summed E-state index contributed by atoms with van der Waals surface area (Å²) in [5.74, 6) is 0.589. The number of benzene rings is 3. The minimum atomic E-state index is -3.78. The molecule has 0 radical (unpaired) electrons. The third-order valence-corrected chi connectivity index (χ3v) is 6.21. The standard InChI is InChI=1S/C20H19NO4S/c22-20(12-13-25-18-10-4-3-9-17(18)20)14-21-26(23,24)19-11-5-7-15-6-1-2-8-16(15)19/h1-11,21-22H,12-14H2/t20-/m1/s1. The van der Waals surface area contributed by atoms with Crippen molar-refractivity contribution in [3.8, 4) is 5.75 Å². The van der Waals surface area contributed by atoms with E-state index in [-0.39, 0.29) is 11.4 Å². The summed E-state index contributed by atoms with van der Waals surface area (Å²) < 4.78 is 33.9. The van der Waals surface area contributed by atoms with Crippen molar-refractivity contribution in [1.82, 2.24) is 4.72 Å². The first kappa shape index (κ1) is 17.0. The molecular formula is C20H19NO4S. The normalized spacial score (nSPS) is 19.7. The molecule has 0 saturated heterocycles. The SMILES string of the molecule is O=S(=O)(NC[C@]1(O)CCOc2ccccc21)c1cccc2ccccc12. The molecule has 0 aromatic heterocycles. The number of hydrogen-bond donors (Lipinski definition) is 2. The molecule has 2 N–H and O–H groups in total. The average molecular weight is 369 g/mol. The molecule has 3 aromatic rings. The maximum atomic E-state index is 12.9. The fraction of sp³-hybridized carbons (Fsp3) is 0.200. The fourth-order valence-electron chi connectivity index (χ4n) is 3.35. The lowest BCUT2D eigenvalue weighted by atomic mass is 9.88. The highest BCUT2D eigenvalue weighted by Gasteiger charge is 2.36. The molecule has 0 aliphatic carbocycles. The van der Waals surface area contributed by atoms with Crippen LogP contribution in [-0.2, 0) is 15.6 Å². The van der Waals surface area contributed by atoms with Gasteiger partial charge >= 0.3 is 0 Å². The number of hydrogen-bond acceptors (Lipinski definition) is 4. The lowest BCUT2D eigenvalue weighted by Crippen LogP contribution is -2.43. The molecule has 1 heterocycles. The number of nitrogens with one attached hydrogen (secondary N) is 1. The summed E-state index contributed by atoms with van der Waals surface area (Å²) in [5, 5.41) is 12.5. The number of para-hydroxylation sites is 1. The summed E-state index contributed by atoms with van der Waals surface area (Å²) in [6, 6.07) is 19.7. The van der Waals surface area contributed by atoms with Crippen molar-refractivity contribution >= 4 is 20.8 Å². The van der Waals surface area contributed by atoms with Gasteiger partial charge in [0.2, 0.25) is 10.0 Å². The summed E-state index contributed by atoms with van der Waals surface area (Å²) in [6.45, 7) is 0.225. The Hall–Kier alpha value is -2.41. The predicted molar refractivity (Wildman–Crippen MR) is 99.6 cm³/mol. The zero-order valence-electron chi connectivity index (χ0n) is 14.1. The number of aliphatic hydroxyl groups is 1. The predicted octanol–water partition coefficient (Wildman–Crippen LogP) is 2.79. The van der Waals surface area contributed by atoms with Crippen LogP contribution in [0, 0.1) is 0 Å². The van der Waals surface area contributed by atoms with Crippen LogP contribution >= 0.6 is 0 Å². The van der Waals surface area contributed by atoms with Crippen molar-refractivity contribution in [1.29, 1.82) is 0 Å². The van der Waals surface area contributed by atoms with Crippen molar-refractivity contribution in [2.75, 3.05) is 13.2 Å². The van der Waals surface area contributed by atoms with E-state index < -0.39 is 15.6 Å². The van der Waals surface area contributed by atoms with Gasteiger partial charge in [0, 0.05) is 23.9 Å². The van der Waals surface area contributed by atoms with E-state index in [4.69, 9.17) is 4.74 Å². The summed E-state index contributed by atoms with van der Waals surface area (Å²) in [4.78, 5) is 0.208. The minimum absolute atomic E-state index is 0.112. The van der Waals surface area contributed by atoms with Gasteiger partial charge in [0.15, 0.2) is 0 Å². The fourth-order valence-corrected chi connectivity index (χ4v) is 4.66. The van der Waals surface area contributed by atoms with Gasteiger partial charge in [0.1, 0.15) is 11.4 Å². The van der Waals surface area contributed by atoms with Crippen LogP contribution in [0.2, 0.25) is 0 Å². The van der Waals surface area contributed by atoms with Gasteiger partial charge < -0.3 is 9.84 Å². The average Bonchev–Trinajstić information content (AvgIpc) is 2.67. The van der Waals surface area contributed by atoms with Crippen LogP contribution in [0.25, 0.3) is 10.8 Å². The Morgan fingerprint density at radius 1 is 1.00 bits per heavy atom. The molecule has 134 valence electrons. The molecule has 1 atom stereocenters. The van der Waals surface area contributed by atoms with E-state index >= 15 is 0 Å². The van der Waals surface area contributed by atoms with E-state index in [1.807, 2.05) is 30.3 Å². The lowest BCUT2D eigenvalue weighted by molar-refractivity contribution is 0.00219. The molecule has 5 nitrogen and oxygen atoms in total. The van der Waals surface area contributed by atoms with Gasteiger partial charge in [0.25, 0.3) is 0 Å². The summed E-state index contributed by atoms with van der Waals surface area (Å²) in [6.07, 6.45) is 0.321. The highest BCUT2D eigenvalue weighted by molar-refractivity contribution is 7.89. The minimum Gasteiger partial charge on any atom is -0.493 e. The quantitative estimate of drug-likeness (QED) is 0.742. The van der Waals surface area contributed by atoms with E-state index in [2.05, 4.69) is 4.72 Å². The summed E-state index contributed by atoms with van der Waals surface area (Å²) in [5.41, 5.74) is -0.696. The molecular weight excluding hydrogens is 350 g/mol. The molecule has 0 bridgehead atoms. The Bertz CT molecular complexity index is 1060. The summed E-state index contributed by atoms with van der Waals surface area (Å²) >= 11 is 0. The van der Waals surface area contributed by atoms with E-state index in [0.29, 0.717) is 29.7 Å². The first-order valence-corrected chi connectivity index (χ1v) is 9.90. The molecule has 1 aliphatic rings. The molecule has 4 rings (SSSR count). The van der Waals surface area contributed by atoms with Crippen molar-refractivity contribution in [2.24, 2.45) is 0 Å². The number of fused-ring (bicyclic) bond motifs is 2.